The van der Waals surface area contributed by atoms with E-state index in [-0.39, 0.29) is 5.91 Å². The molecule has 6 heteroatoms. The smallest absolute Gasteiger partial charge is 0.248 e. The highest BCUT2D eigenvalue weighted by Gasteiger charge is 2.26. The lowest BCUT2D eigenvalue weighted by Gasteiger charge is -2.24. The fourth-order valence-corrected chi connectivity index (χ4v) is 3.48. The van der Waals surface area contributed by atoms with Gasteiger partial charge in [0.15, 0.2) is 0 Å². The lowest BCUT2D eigenvalue weighted by atomic mass is 10.0. The largest absolute Gasteiger partial charge is 0.497 e. The molecule has 1 atom stereocenters. The SMILES string of the molecule is COc1ccc([C@H]2CCCN2CCC(=O)Nc2ccc(C(N)=O)cc2)cc1. The lowest BCUT2D eigenvalue weighted by Crippen LogP contribution is -2.27. The third kappa shape index (κ3) is 4.86. The van der Waals surface area contributed by atoms with Gasteiger partial charge in [-0.1, -0.05) is 12.1 Å². The summed E-state index contributed by atoms with van der Waals surface area (Å²) in [6.45, 7) is 1.71. The van der Waals surface area contributed by atoms with Crippen LogP contribution in [0.3, 0.4) is 0 Å². The van der Waals surface area contributed by atoms with Crippen molar-refractivity contribution >= 4 is 17.5 Å². The standard InChI is InChI=1S/C21H25N3O3/c1-27-18-10-6-15(7-11-18)19-3-2-13-24(19)14-12-20(25)23-17-8-4-16(5-9-17)21(22)26/h4-11,19H,2-3,12-14H2,1H3,(H2,22,26)(H,23,25)/t19-/m1/s1. The van der Waals surface area contributed by atoms with E-state index in [1.165, 1.54) is 5.56 Å². The number of methoxy groups -OCH3 is 1. The van der Waals surface area contributed by atoms with E-state index in [9.17, 15) is 9.59 Å². The normalized spacial score (nSPS) is 16.9. The molecule has 1 saturated heterocycles. The number of hydrogen-bond acceptors (Lipinski definition) is 4. The van der Waals surface area contributed by atoms with E-state index >= 15 is 0 Å². The fourth-order valence-electron chi connectivity index (χ4n) is 3.48. The van der Waals surface area contributed by atoms with Gasteiger partial charge in [-0.2, -0.15) is 0 Å². The van der Waals surface area contributed by atoms with Gasteiger partial charge in [-0.15, -0.1) is 0 Å². The molecule has 142 valence electrons. The van der Waals surface area contributed by atoms with Gasteiger partial charge in [0.05, 0.1) is 7.11 Å². The van der Waals surface area contributed by atoms with Crippen molar-refractivity contribution in [1.82, 2.24) is 4.90 Å². The Hall–Kier alpha value is -2.86. The minimum atomic E-state index is -0.480. The third-order valence-electron chi connectivity index (χ3n) is 4.94. The zero-order valence-corrected chi connectivity index (χ0v) is 15.5. The van der Waals surface area contributed by atoms with Crippen LogP contribution >= 0.6 is 0 Å². The fraction of sp³-hybridized carbons (Fsp3) is 0.333. The number of rotatable bonds is 7. The van der Waals surface area contributed by atoms with Gasteiger partial charge in [0.25, 0.3) is 0 Å². The predicted octanol–water partition coefficient (Wildman–Crippen LogP) is 2.96. The van der Waals surface area contributed by atoms with Crippen LogP contribution in [0, 0.1) is 0 Å². The number of nitrogens with two attached hydrogens (primary N) is 1. The van der Waals surface area contributed by atoms with E-state index in [4.69, 9.17) is 10.5 Å². The molecule has 0 aliphatic carbocycles. The predicted molar refractivity (Wildman–Crippen MR) is 105 cm³/mol. The summed E-state index contributed by atoms with van der Waals surface area (Å²) in [6.07, 6.45) is 2.65. The lowest BCUT2D eigenvalue weighted by molar-refractivity contribution is -0.116. The summed E-state index contributed by atoms with van der Waals surface area (Å²) in [5.74, 6) is 0.332. The second-order valence-electron chi connectivity index (χ2n) is 6.71. The van der Waals surface area contributed by atoms with Crippen molar-refractivity contribution in [3.8, 4) is 5.75 Å². The number of nitrogens with one attached hydrogen (secondary N) is 1. The molecule has 1 heterocycles. The van der Waals surface area contributed by atoms with Crippen LogP contribution in [0.5, 0.6) is 5.75 Å². The first-order chi connectivity index (χ1) is 13.1. The minimum Gasteiger partial charge on any atom is -0.497 e. The maximum absolute atomic E-state index is 12.3. The quantitative estimate of drug-likeness (QED) is 0.788. The molecule has 27 heavy (non-hydrogen) atoms. The number of carbonyl (C=O) groups excluding carboxylic acids is 2. The van der Waals surface area contributed by atoms with Gasteiger partial charge in [-0.05, 0) is 61.3 Å². The van der Waals surface area contributed by atoms with E-state index in [0.29, 0.717) is 30.3 Å². The molecule has 0 bridgehead atoms. The molecule has 2 aromatic rings. The number of carbonyl (C=O) groups is 2. The van der Waals surface area contributed by atoms with Gasteiger partial charge < -0.3 is 15.8 Å². The van der Waals surface area contributed by atoms with Crippen LogP contribution in [0.1, 0.15) is 41.2 Å². The van der Waals surface area contributed by atoms with Gasteiger partial charge in [-0.3, -0.25) is 14.5 Å². The summed E-state index contributed by atoms with van der Waals surface area (Å²) >= 11 is 0. The number of ether oxygens (including phenoxy) is 1. The topological polar surface area (TPSA) is 84.7 Å². The van der Waals surface area contributed by atoms with Crippen LogP contribution in [0.4, 0.5) is 5.69 Å². The van der Waals surface area contributed by atoms with Crippen molar-refractivity contribution < 1.29 is 14.3 Å². The first-order valence-corrected chi connectivity index (χ1v) is 9.14. The van der Waals surface area contributed by atoms with Crippen molar-refractivity contribution in [3.05, 3.63) is 59.7 Å². The Morgan fingerprint density at radius 3 is 2.48 bits per heavy atom. The highest BCUT2D eigenvalue weighted by molar-refractivity contribution is 5.94. The number of anilines is 1. The second-order valence-corrected chi connectivity index (χ2v) is 6.71. The van der Waals surface area contributed by atoms with Gasteiger partial charge in [0.2, 0.25) is 11.8 Å². The molecule has 1 fully saturated rings. The molecule has 2 aromatic carbocycles. The van der Waals surface area contributed by atoms with E-state index < -0.39 is 5.91 Å². The Bertz CT molecular complexity index is 787. The summed E-state index contributed by atoms with van der Waals surface area (Å²) in [5.41, 5.74) is 7.57. The monoisotopic (exact) mass is 367 g/mol. The van der Waals surface area contributed by atoms with Gasteiger partial charge in [-0.25, -0.2) is 0 Å². The Kier molecular flexibility index (Phi) is 6.08. The summed E-state index contributed by atoms with van der Waals surface area (Å²) in [6, 6.07) is 15.1. The number of likely N-dealkylation sites (tertiary alicyclic amines) is 1. The third-order valence-corrected chi connectivity index (χ3v) is 4.94. The molecular formula is C21H25N3O3. The van der Waals surface area contributed by atoms with Crippen LogP contribution < -0.4 is 15.8 Å². The molecule has 1 aliphatic rings. The second kappa shape index (κ2) is 8.68. The molecule has 0 spiro atoms. The van der Waals surface area contributed by atoms with Gasteiger partial charge >= 0.3 is 0 Å². The average Bonchev–Trinajstić information content (AvgIpc) is 3.15. The highest BCUT2D eigenvalue weighted by Crippen LogP contribution is 2.32. The van der Waals surface area contributed by atoms with E-state index in [1.54, 1.807) is 31.4 Å². The average molecular weight is 367 g/mol. The van der Waals surface area contributed by atoms with Crippen LogP contribution in [0.15, 0.2) is 48.5 Å². The maximum atomic E-state index is 12.3. The summed E-state index contributed by atoms with van der Waals surface area (Å²) < 4.78 is 5.22. The zero-order chi connectivity index (χ0) is 19.2. The van der Waals surface area contributed by atoms with Gasteiger partial charge in [0.1, 0.15) is 5.75 Å². The molecule has 2 amide bonds. The van der Waals surface area contributed by atoms with Crippen LogP contribution in [0.2, 0.25) is 0 Å². The Morgan fingerprint density at radius 1 is 1.15 bits per heavy atom. The zero-order valence-electron chi connectivity index (χ0n) is 15.5. The maximum Gasteiger partial charge on any atom is 0.248 e. The number of nitrogens with zero attached hydrogens (tertiary/aromatic N) is 1. The molecule has 6 nitrogen and oxygen atoms in total. The molecule has 1 aliphatic heterocycles. The Labute approximate surface area is 159 Å². The molecule has 0 saturated carbocycles. The van der Waals surface area contributed by atoms with Crippen molar-refractivity contribution in [2.24, 2.45) is 5.73 Å². The van der Waals surface area contributed by atoms with E-state index in [1.807, 2.05) is 12.1 Å². The molecular weight excluding hydrogens is 342 g/mol. The highest BCUT2D eigenvalue weighted by atomic mass is 16.5. The Morgan fingerprint density at radius 2 is 1.85 bits per heavy atom. The molecule has 0 unspecified atom stereocenters. The van der Waals surface area contributed by atoms with Gasteiger partial charge in [0, 0.05) is 30.3 Å². The molecule has 0 aromatic heterocycles. The number of hydrogen-bond donors (Lipinski definition) is 2. The van der Waals surface area contributed by atoms with Crippen molar-refractivity contribution in [1.29, 1.82) is 0 Å². The van der Waals surface area contributed by atoms with Crippen molar-refractivity contribution in [2.45, 2.75) is 25.3 Å². The summed E-state index contributed by atoms with van der Waals surface area (Å²) in [4.78, 5) is 25.7. The molecule has 3 rings (SSSR count). The molecule has 3 N–H and O–H groups in total. The summed E-state index contributed by atoms with van der Waals surface area (Å²) in [5, 5.41) is 2.87. The van der Waals surface area contributed by atoms with Crippen LogP contribution in [-0.4, -0.2) is 36.9 Å². The van der Waals surface area contributed by atoms with Crippen molar-refractivity contribution in [2.75, 3.05) is 25.5 Å². The molecule has 0 radical (unpaired) electrons. The van der Waals surface area contributed by atoms with E-state index in [0.717, 1.165) is 25.1 Å². The summed E-state index contributed by atoms with van der Waals surface area (Å²) in [7, 11) is 1.66. The number of primary amides is 1. The minimum absolute atomic E-state index is 0.0396. The number of benzene rings is 2. The Balaban J connectivity index is 1.53. The van der Waals surface area contributed by atoms with E-state index in [2.05, 4.69) is 22.3 Å². The number of amides is 2. The van der Waals surface area contributed by atoms with Crippen molar-refractivity contribution in [3.63, 3.8) is 0 Å². The van der Waals surface area contributed by atoms with Crippen LogP contribution in [-0.2, 0) is 4.79 Å². The van der Waals surface area contributed by atoms with Crippen LogP contribution in [0.25, 0.3) is 0 Å². The first-order valence-electron chi connectivity index (χ1n) is 9.14. The first kappa shape index (κ1) is 18.9.